The van der Waals surface area contributed by atoms with E-state index in [1.54, 1.807) is 34.1 Å². The lowest BCUT2D eigenvalue weighted by Crippen LogP contribution is -2.50. The SMILES string of the molecule is Cc1ccc(C(=O)N2CCN(C(=O)c3ccccc3Cl)CC2)cc1C. The van der Waals surface area contributed by atoms with Crippen molar-refractivity contribution in [2.75, 3.05) is 26.2 Å². The van der Waals surface area contributed by atoms with E-state index in [0.717, 1.165) is 5.56 Å². The summed E-state index contributed by atoms with van der Waals surface area (Å²) in [6, 6.07) is 12.8. The Morgan fingerprint density at radius 1 is 0.840 bits per heavy atom. The lowest BCUT2D eigenvalue weighted by atomic mass is 10.1. The molecule has 130 valence electrons. The van der Waals surface area contributed by atoms with Crippen molar-refractivity contribution >= 4 is 23.4 Å². The lowest BCUT2D eigenvalue weighted by molar-refractivity contribution is 0.0535. The van der Waals surface area contributed by atoms with Gasteiger partial charge in [-0.2, -0.15) is 0 Å². The van der Waals surface area contributed by atoms with E-state index in [-0.39, 0.29) is 11.8 Å². The van der Waals surface area contributed by atoms with Crippen LogP contribution in [0.4, 0.5) is 0 Å². The van der Waals surface area contributed by atoms with Crippen LogP contribution in [0.3, 0.4) is 0 Å². The van der Waals surface area contributed by atoms with Crippen LogP contribution in [0.5, 0.6) is 0 Å². The van der Waals surface area contributed by atoms with E-state index in [1.807, 2.05) is 32.0 Å². The lowest BCUT2D eigenvalue weighted by Gasteiger charge is -2.35. The summed E-state index contributed by atoms with van der Waals surface area (Å²) < 4.78 is 0. The van der Waals surface area contributed by atoms with E-state index in [1.165, 1.54) is 5.56 Å². The standard InChI is InChI=1S/C20H21ClN2O2/c1-14-7-8-16(13-15(14)2)19(24)22-9-11-23(12-10-22)20(25)17-5-3-4-6-18(17)21/h3-8,13H,9-12H2,1-2H3. The third-order valence-corrected chi connectivity index (χ3v) is 5.04. The Morgan fingerprint density at radius 3 is 2.04 bits per heavy atom. The van der Waals surface area contributed by atoms with Crippen LogP contribution in [0.25, 0.3) is 0 Å². The van der Waals surface area contributed by atoms with Gasteiger partial charge in [-0.05, 0) is 49.2 Å². The summed E-state index contributed by atoms with van der Waals surface area (Å²) in [5.74, 6) is -0.0585. The van der Waals surface area contributed by atoms with Crippen molar-refractivity contribution in [1.82, 2.24) is 9.80 Å². The van der Waals surface area contributed by atoms with Gasteiger partial charge < -0.3 is 9.80 Å². The van der Waals surface area contributed by atoms with Gasteiger partial charge in [-0.15, -0.1) is 0 Å². The third kappa shape index (κ3) is 3.69. The normalized spacial score (nSPS) is 14.5. The van der Waals surface area contributed by atoms with Gasteiger partial charge in [-0.3, -0.25) is 9.59 Å². The number of hydrogen-bond acceptors (Lipinski definition) is 2. The first kappa shape index (κ1) is 17.5. The van der Waals surface area contributed by atoms with E-state index in [2.05, 4.69) is 0 Å². The van der Waals surface area contributed by atoms with Crippen molar-refractivity contribution in [3.63, 3.8) is 0 Å². The number of halogens is 1. The minimum absolute atomic E-state index is 0.0212. The minimum Gasteiger partial charge on any atom is -0.335 e. The fourth-order valence-electron chi connectivity index (χ4n) is 2.97. The highest BCUT2D eigenvalue weighted by Crippen LogP contribution is 2.19. The van der Waals surface area contributed by atoms with Gasteiger partial charge in [0, 0.05) is 31.7 Å². The van der Waals surface area contributed by atoms with Gasteiger partial charge in [0.15, 0.2) is 0 Å². The molecule has 2 aromatic rings. The first-order valence-corrected chi connectivity index (χ1v) is 8.75. The average molecular weight is 357 g/mol. The number of rotatable bonds is 2. The van der Waals surface area contributed by atoms with E-state index >= 15 is 0 Å². The third-order valence-electron chi connectivity index (χ3n) is 4.71. The number of carbonyl (C=O) groups excluding carboxylic acids is 2. The number of amides is 2. The Bertz CT molecular complexity index is 811. The van der Waals surface area contributed by atoms with Gasteiger partial charge >= 0.3 is 0 Å². The Kier molecular flexibility index (Phi) is 5.09. The molecule has 1 heterocycles. The Balaban J connectivity index is 1.65. The maximum absolute atomic E-state index is 12.7. The predicted molar refractivity (Wildman–Crippen MR) is 99.2 cm³/mol. The van der Waals surface area contributed by atoms with Gasteiger partial charge in [-0.1, -0.05) is 29.8 Å². The highest BCUT2D eigenvalue weighted by atomic mass is 35.5. The Hall–Kier alpha value is -2.33. The molecule has 2 aromatic carbocycles. The zero-order valence-corrected chi connectivity index (χ0v) is 15.2. The smallest absolute Gasteiger partial charge is 0.255 e. The van der Waals surface area contributed by atoms with Crippen molar-refractivity contribution < 1.29 is 9.59 Å². The predicted octanol–water partition coefficient (Wildman–Crippen LogP) is 3.56. The quantitative estimate of drug-likeness (QED) is 0.825. The van der Waals surface area contributed by atoms with E-state index in [0.29, 0.717) is 42.3 Å². The second kappa shape index (κ2) is 7.28. The zero-order valence-electron chi connectivity index (χ0n) is 14.5. The zero-order chi connectivity index (χ0) is 18.0. The highest BCUT2D eigenvalue weighted by molar-refractivity contribution is 6.33. The first-order chi connectivity index (χ1) is 12.0. The fourth-order valence-corrected chi connectivity index (χ4v) is 3.19. The molecule has 0 bridgehead atoms. The molecule has 0 spiro atoms. The van der Waals surface area contributed by atoms with Crippen LogP contribution in [-0.4, -0.2) is 47.8 Å². The molecule has 3 rings (SSSR count). The molecule has 25 heavy (non-hydrogen) atoms. The topological polar surface area (TPSA) is 40.6 Å². The molecule has 5 heteroatoms. The number of nitrogens with zero attached hydrogens (tertiary/aromatic N) is 2. The number of benzene rings is 2. The number of piperazine rings is 1. The van der Waals surface area contributed by atoms with Crippen LogP contribution in [0, 0.1) is 13.8 Å². The molecule has 0 aromatic heterocycles. The fraction of sp³-hybridized carbons (Fsp3) is 0.300. The molecule has 0 N–H and O–H groups in total. The van der Waals surface area contributed by atoms with Gasteiger partial charge in [0.1, 0.15) is 0 Å². The van der Waals surface area contributed by atoms with Crippen LogP contribution in [0.15, 0.2) is 42.5 Å². The first-order valence-electron chi connectivity index (χ1n) is 8.37. The van der Waals surface area contributed by atoms with Crippen LogP contribution in [-0.2, 0) is 0 Å². The van der Waals surface area contributed by atoms with Crippen molar-refractivity contribution in [1.29, 1.82) is 0 Å². The van der Waals surface area contributed by atoms with Crippen molar-refractivity contribution in [2.24, 2.45) is 0 Å². The molecule has 0 saturated carbocycles. The van der Waals surface area contributed by atoms with E-state index < -0.39 is 0 Å². The van der Waals surface area contributed by atoms with Crippen LogP contribution in [0.2, 0.25) is 5.02 Å². The largest absolute Gasteiger partial charge is 0.335 e. The van der Waals surface area contributed by atoms with Gasteiger partial charge in [0.2, 0.25) is 0 Å². The summed E-state index contributed by atoms with van der Waals surface area (Å²) in [7, 11) is 0. The van der Waals surface area contributed by atoms with Gasteiger partial charge in [-0.25, -0.2) is 0 Å². The second-order valence-corrected chi connectivity index (χ2v) is 6.77. The molecular formula is C20H21ClN2O2. The number of aryl methyl sites for hydroxylation is 2. The van der Waals surface area contributed by atoms with Crippen molar-refractivity contribution in [2.45, 2.75) is 13.8 Å². The van der Waals surface area contributed by atoms with E-state index in [4.69, 9.17) is 11.6 Å². The maximum Gasteiger partial charge on any atom is 0.255 e. The summed E-state index contributed by atoms with van der Waals surface area (Å²) in [6.45, 7) is 6.13. The molecule has 0 atom stereocenters. The van der Waals surface area contributed by atoms with Crippen molar-refractivity contribution in [3.8, 4) is 0 Å². The van der Waals surface area contributed by atoms with E-state index in [9.17, 15) is 9.59 Å². The Morgan fingerprint density at radius 2 is 1.44 bits per heavy atom. The van der Waals surface area contributed by atoms with Crippen LogP contribution >= 0.6 is 11.6 Å². The molecule has 0 unspecified atom stereocenters. The molecule has 0 aliphatic carbocycles. The molecule has 1 saturated heterocycles. The monoisotopic (exact) mass is 356 g/mol. The Labute approximate surface area is 153 Å². The van der Waals surface area contributed by atoms with Crippen molar-refractivity contribution in [3.05, 3.63) is 69.7 Å². The molecule has 1 fully saturated rings. The average Bonchev–Trinajstić information content (AvgIpc) is 2.63. The van der Waals surface area contributed by atoms with Gasteiger partial charge in [0.05, 0.1) is 10.6 Å². The van der Waals surface area contributed by atoms with Crippen LogP contribution in [0.1, 0.15) is 31.8 Å². The highest BCUT2D eigenvalue weighted by Gasteiger charge is 2.26. The molecular weight excluding hydrogens is 336 g/mol. The number of hydrogen-bond donors (Lipinski definition) is 0. The summed E-state index contributed by atoms with van der Waals surface area (Å²) in [6.07, 6.45) is 0. The molecule has 1 aliphatic heterocycles. The summed E-state index contributed by atoms with van der Waals surface area (Å²) in [5.41, 5.74) is 3.50. The van der Waals surface area contributed by atoms with Gasteiger partial charge in [0.25, 0.3) is 11.8 Å². The number of carbonyl (C=O) groups is 2. The second-order valence-electron chi connectivity index (χ2n) is 6.36. The van der Waals surface area contributed by atoms with Crippen LogP contribution < -0.4 is 0 Å². The molecule has 0 radical (unpaired) electrons. The minimum atomic E-state index is -0.0797. The molecule has 1 aliphatic rings. The molecule has 2 amide bonds. The summed E-state index contributed by atoms with van der Waals surface area (Å²) >= 11 is 6.11. The summed E-state index contributed by atoms with van der Waals surface area (Å²) in [5, 5.41) is 0.459. The maximum atomic E-state index is 12.7. The summed E-state index contributed by atoms with van der Waals surface area (Å²) in [4.78, 5) is 28.8. The molecule has 4 nitrogen and oxygen atoms in total.